The number of rotatable bonds is 8. The molecule has 2 aliphatic rings. The van der Waals surface area contributed by atoms with Gasteiger partial charge in [0, 0.05) is 47.6 Å². The van der Waals surface area contributed by atoms with Crippen LogP contribution < -0.4 is 11.1 Å². The van der Waals surface area contributed by atoms with Crippen LogP contribution >= 0.6 is 11.6 Å². The van der Waals surface area contributed by atoms with Crippen LogP contribution in [-0.2, 0) is 22.6 Å². The molecule has 1 aliphatic carbocycles. The van der Waals surface area contributed by atoms with Gasteiger partial charge in [0.25, 0.3) is 0 Å². The third-order valence-electron chi connectivity index (χ3n) is 7.11. The molecule has 0 amide bonds. The number of imidazole rings is 1. The lowest BCUT2D eigenvalue weighted by molar-refractivity contribution is -0.139. The van der Waals surface area contributed by atoms with Gasteiger partial charge >= 0.3 is 0 Å². The second kappa shape index (κ2) is 9.63. The Morgan fingerprint density at radius 1 is 1.29 bits per heavy atom. The fourth-order valence-electron chi connectivity index (χ4n) is 5.56. The van der Waals surface area contributed by atoms with Crippen molar-refractivity contribution in [2.45, 2.75) is 51.1 Å². The molecule has 2 aromatic rings. The van der Waals surface area contributed by atoms with E-state index in [-0.39, 0.29) is 28.8 Å². The van der Waals surface area contributed by atoms with Gasteiger partial charge in [0.2, 0.25) is 0 Å². The number of piperidine rings is 1. The third kappa shape index (κ3) is 4.92. The Morgan fingerprint density at radius 3 is 2.65 bits per heavy atom. The summed E-state index contributed by atoms with van der Waals surface area (Å²) in [7, 11) is 0. The monoisotopic (exact) mass is 442 g/mol. The molecule has 31 heavy (non-hydrogen) atoms. The molecule has 3 atom stereocenters. The van der Waals surface area contributed by atoms with Gasteiger partial charge in [-0.1, -0.05) is 23.7 Å². The van der Waals surface area contributed by atoms with Crippen LogP contribution in [0.3, 0.4) is 0 Å². The van der Waals surface area contributed by atoms with Crippen LogP contribution in [0.25, 0.3) is 0 Å². The summed E-state index contributed by atoms with van der Waals surface area (Å²) in [6.07, 6.45) is 9.86. The molecule has 0 bridgehead atoms. The maximum absolute atomic E-state index is 13.9. The summed E-state index contributed by atoms with van der Waals surface area (Å²) in [4.78, 5) is 31.0. The van der Waals surface area contributed by atoms with E-state index in [1.54, 1.807) is 12.5 Å². The van der Waals surface area contributed by atoms with Gasteiger partial charge in [-0.2, -0.15) is 0 Å². The van der Waals surface area contributed by atoms with Crippen LogP contribution in [0.2, 0.25) is 5.02 Å². The van der Waals surface area contributed by atoms with Crippen molar-refractivity contribution in [1.29, 1.82) is 0 Å². The summed E-state index contributed by atoms with van der Waals surface area (Å²) < 4.78 is 2.05. The van der Waals surface area contributed by atoms with Crippen molar-refractivity contribution in [3.8, 4) is 0 Å². The van der Waals surface area contributed by atoms with Crippen molar-refractivity contribution < 1.29 is 9.59 Å². The van der Waals surface area contributed by atoms with E-state index in [9.17, 15) is 9.59 Å². The normalized spacial score (nSPS) is 22.9. The predicted molar refractivity (Wildman–Crippen MR) is 121 cm³/mol. The molecular formula is C24H31ClN4O2. The molecule has 7 heteroatoms. The summed E-state index contributed by atoms with van der Waals surface area (Å²) >= 11 is 6.00. The van der Waals surface area contributed by atoms with E-state index < -0.39 is 6.04 Å². The largest absolute Gasteiger partial charge is 0.337 e. The maximum Gasteiger partial charge on any atom is 0.154 e. The minimum Gasteiger partial charge on any atom is -0.337 e. The Bertz CT molecular complexity index is 891. The number of carbonyl (C=O) groups excluding carboxylic acids is 2. The number of nitrogens with zero attached hydrogens (tertiary/aromatic N) is 2. The molecule has 1 saturated carbocycles. The number of ketones is 2. The third-order valence-corrected chi connectivity index (χ3v) is 7.36. The summed E-state index contributed by atoms with van der Waals surface area (Å²) in [6.45, 7) is 2.36. The highest BCUT2D eigenvalue weighted by Gasteiger charge is 2.51. The molecule has 0 radical (unpaired) electrons. The van der Waals surface area contributed by atoms with Crippen LogP contribution in [0.5, 0.6) is 0 Å². The first-order valence-electron chi connectivity index (χ1n) is 11.2. The summed E-state index contributed by atoms with van der Waals surface area (Å²) in [5.74, 6) is -0.350. The van der Waals surface area contributed by atoms with Gasteiger partial charge < -0.3 is 15.6 Å². The van der Waals surface area contributed by atoms with Crippen molar-refractivity contribution in [3.63, 3.8) is 0 Å². The average Bonchev–Trinajstić information content (AvgIpc) is 3.42. The van der Waals surface area contributed by atoms with Crippen molar-refractivity contribution in [2.24, 2.45) is 23.0 Å². The van der Waals surface area contributed by atoms with Crippen molar-refractivity contribution in [3.05, 3.63) is 53.6 Å². The fraction of sp³-hybridized carbons (Fsp3) is 0.542. The second-order valence-corrected chi connectivity index (χ2v) is 9.57. The zero-order valence-corrected chi connectivity index (χ0v) is 18.6. The van der Waals surface area contributed by atoms with Crippen LogP contribution in [-0.4, -0.2) is 40.2 Å². The van der Waals surface area contributed by atoms with Crippen LogP contribution in [0.4, 0.5) is 0 Å². The van der Waals surface area contributed by atoms with E-state index in [2.05, 4.69) is 14.9 Å². The zero-order valence-electron chi connectivity index (χ0n) is 17.8. The lowest BCUT2D eigenvalue weighted by atomic mass is 9.61. The molecule has 166 valence electrons. The SMILES string of the molecule is NC(Cc1ccc(Cl)cc1)C(=O)C(C1CCCC1=O)C1(Cn2ccnc2)CCNCC1. The first kappa shape index (κ1) is 22.2. The van der Waals surface area contributed by atoms with E-state index >= 15 is 0 Å². The zero-order chi connectivity index (χ0) is 21.8. The first-order chi connectivity index (χ1) is 15.0. The molecule has 1 aromatic carbocycles. The van der Waals surface area contributed by atoms with Gasteiger partial charge in [-0.3, -0.25) is 9.59 Å². The van der Waals surface area contributed by atoms with E-state index in [1.165, 1.54) is 0 Å². The number of halogens is 1. The Hall–Kier alpha value is -2.02. The molecule has 3 unspecified atom stereocenters. The second-order valence-electron chi connectivity index (χ2n) is 9.13. The lowest BCUT2D eigenvalue weighted by Gasteiger charge is -2.46. The van der Waals surface area contributed by atoms with Gasteiger partial charge in [0.05, 0.1) is 12.4 Å². The molecule has 1 aromatic heterocycles. The molecule has 6 nitrogen and oxygen atoms in total. The molecule has 0 spiro atoms. The van der Waals surface area contributed by atoms with E-state index in [0.29, 0.717) is 24.4 Å². The number of carbonyl (C=O) groups is 2. The van der Waals surface area contributed by atoms with Crippen LogP contribution in [0.15, 0.2) is 43.0 Å². The molecular weight excluding hydrogens is 412 g/mol. The van der Waals surface area contributed by atoms with Gasteiger partial charge in [0.15, 0.2) is 5.78 Å². The lowest BCUT2D eigenvalue weighted by Crippen LogP contribution is -2.54. The van der Waals surface area contributed by atoms with Gasteiger partial charge in [-0.05, 0) is 62.9 Å². The Balaban J connectivity index is 1.65. The van der Waals surface area contributed by atoms with E-state index in [1.807, 2.05) is 30.5 Å². The van der Waals surface area contributed by atoms with Crippen molar-refractivity contribution in [2.75, 3.05) is 13.1 Å². The van der Waals surface area contributed by atoms with Gasteiger partial charge in [-0.15, -0.1) is 0 Å². The molecule has 1 aliphatic heterocycles. The molecule has 3 N–H and O–H groups in total. The molecule has 2 fully saturated rings. The van der Waals surface area contributed by atoms with Crippen LogP contribution in [0, 0.1) is 17.3 Å². The number of nitrogens with one attached hydrogen (secondary N) is 1. The van der Waals surface area contributed by atoms with E-state index in [4.69, 9.17) is 17.3 Å². The Kier molecular flexibility index (Phi) is 6.89. The van der Waals surface area contributed by atoms with Crippen LogP contribution in [0.1, 0.15) is 37.7 Å². The summed E-state index contributed by atoms with van der Waals surface area (Å²) in [5, 5.41) is 4.08. The van der Waals surface area contributed by atoms with Crippen molar-refractivity contribution in [1.82, 2.24) is 14.9 Å². The number of benzene rings is 1. The molecule has 2 heterocycles. The molecule has 4 rings (SSSR count). The average molecular weight is 443 g/mol. The first-order valence-corrected chi connectivity index (χ1v) is 11.6. The number of nitrogens with two attached hydrogens (primary N) is 1. The smallest absolute Gasteiger partial charge is 0.154 e. The number of hydrogen-bond acceptors (Lipinski definition) is 5. The van der Waals surface area contributed by atoms with Crippen molar-refractivity contribution >= 4 is 23.2 Å². The number of Topliss-reactive ketones (excluding diaryl/α,β-unsaturated/α-hetero) is 2. The highest BCUT2D eigenvalue weighted by atomic mass is 35.5. The Labute approximate surface area is 188 Å². The Morgan fingerprint density at radius 2 is 2.03 bits per heavy atom. The molecule has 1 saturated heterocycles. The minimum atomic E-state index is -0.644. The summed E-state index contributed by atoms with van der Waals surface area (Å²) in [6, 6.07) is 6.82. The predicted octanol–water partition coefficient (Wildman–Crippen LogP) is 3.03. The standard InChI is InChI=1S/C24H31ClN4O2/c25-18-6-4-17(5-7-18)14-20(26)23(31)22(19-2-1-3-21(19)30)24(8-10-27-11-9-24)15-29-13-12-28-16-29/h4-7,12-13,16,19-20,22,27H,1-3,8-11,14-15,26H2. The topological polar surface area (TPSA) is 90.0 Å². The minimum absolute atomic E-state index is 0.0252. The quantitative estimate of drug-likeness (QED) is 0.655. The highest BCUT2D eigenvalue weighted by Crippen LogP contribution is 2.47. The number of aromatic nitrogens is 2. The maximum atomic E-state index is 13.9. The highest BCUT2D eigenvalue weighted by molar-refractivity contribution is 6.30. The van der Waals surface area contributed by atoms with Gasteiger partial charge in [-0.25, -0.2) is 4.98 Å². The van der Waals surface area contributed by atoms with Gasteiger partial charge in [0.1, 0.15) is 5.78 Å². The fourth-order valence-corrected chi connectivity index (χ4v) is 5.69. The van der Waals surface area contributed by atoms with E-state index in [0.717, 1.165) is 44.3 Å². The number of hydrogen-bond donors (Lipinski definition) is 2. The summed E-state index contributed by atoms with van der Waals surface area (Å²) in [5.41, 5.74) is 7.19.